The number of amides is 1. The summed E-state index contributed by atoms with van der Waals surface area (Å²) >= 11 is 3.40. The minimum absolute atomic E-state index is 0.111. The van der Waals surface area contributed by atoms with Gasteiger partial charge in [-0.25, -0.2) is 0 Å². The van der Waals surface area contributed by atoms with Gasteiger partial charge in [0.1, 0.15) is 0 Å². The first-order valence-corrected chi connectivity index (χ1v) is 9.02. The van der Waals surface area contributed by atoms with Gasteiger partial charge in [-0.1, -0.05) is 45.4 Å². The Hall–Kier alpha value is -2.87. The lowest BCUT2D eigenvalue weighted by Gasteiger charge is -2.16. The Labute approximate surface area is 164 Å². The Bertz CT molecular complexity index is 929. The summed E-state index contributed by atoms with van der Waals surface area (Å²) < 4.78 is 17.0. The molecule has 0 aliphatic carbocycles. The minimum Gasteiger partial charge on any atom is -0.493 e. The molecule has 0 spiro atoms. The van der Waals surface area contributed by atoms with Gasteiger partial charge in [-0.05, 0) is 31.2 Å². The van der Waals surface area contributed by atoms with Crippen molar-refractivity contribution in [3.8, 4) is 22.9 Å². The number of carbonyl (C=O) groups excluding carboxylic acids is 1. The molecule has 0 saturated carbocycles. The maximum absolute atomic E-state index is 12.3. The fourth-order valence-corrected chi connectivity index (χ4v) is 2.74. The third-order valence-corrected chi connectivity index (χ3v) is 4.20. The van der Waals surface area contributed by atoms with Gasteiger partial charge in [0.2, 0.25) is 11.7 Å². The van der Waals surface area contributed by atoms with E-state index in [1.807, 2.05) is 36.4 Å². The molecule has 1 heterocycles. The Morgan fingerprint density at radius 1 is 1.22 bits per heavy atom. The molecule has 0 aliphatic heterocycles. The van der Waals surface area contributed by atoms with Crippen molar-refractivity contribution < 1.29 is 18.8 Å². The van der Waals surface area contributed by atoms with Crippen LogP contribution in [0.15, 0.2) is 57.5 Å². The lowest BCUT2D eigenvalue weighted by Crippen LogP contribution is -2.36. The van der Waals surface area contributed by atoms with Crippen LogP contribution in [-0.2, 0) is 11.3 Å². The van der Waals surface area contributed by atoms with E-state index in [2.05, 4.69) is 31.4 Å². The first-order valence-electron chi connectivity index (χ1n) is 8.22. The molecule has 0 radical (unpaired) electrons. The van der Waals surface area contributed by atoms with E-state index in [0.29, 0.717) is 23.2 Å². The molecule has 7 nitrogen and oxygen atoms in total. The molecule has 1 aromatic heterocycles. The molecule has 27 heavy (non-hydrogen) atoms. The summed E-state index contributed by atoms with van der Waals surface area (Å²) in [6.07, 6.45) is -0.714. The highest BCUT2D eigenvalue weighted by Gasteiger charge is 2.18. The molecule has 1 atom stereocenters. The Morgan fingerprint density at radius 2 is 2.00 bits per heavy atom. The zero-order chi connectivity index (χ0) is 19.2. The van der Waals surface area contributed by atoms with Crippen LogP contribution >= 0.6 is 15.9 Å². The minimum atomic E-state index is -0.714. The number of para-hydroxylation sites is 2. The van der Waals surface area contributed by atoms with Gasteiger partial charge < -0.3 is 19.3 Å². The normalized spacial score (nSPS) is 11.7. The van der Waals surface area contributed by atoms with E-state index in [9.17, 15) is 4.79 Å². The molecule has 0 fully saturated rings. The Morgan fingerprint density at radius 3 is 2.74 bits per heavy atom. The maximum Gasteiger partial charge on any atom is 0.261 e. The van der Waals surface area contributed by atoms with Crippen molar-refractivity contribution in [2.24, 2.45) is 0 Å². The van der Waals surface area contributed by atoms with Crippen molar-refractivity contribution in [1.82, 2.24) is 15.5 Å². The van der Waals surface area contributed by atoms with Gasteiger partial charge in [-0.15, -0.1) is 0 Å². The van der Waals surface area contributed by atoms with Crippen LogP contribution in [-0.4, -0.2) is 29.3 Å². The van der Waals surface area contributed by atoms with Crippen LogP contribution in [0.25, 0.3) is 11.4 Å². The van der Waals surface area contributed by atoms with Crippen LogP contribution in [0.4, 0.5) is 0 Å². The van der Waals surface area contributed by atoms with Crippen molar-refractivity contribution in [3.05, 3.63) is 58.9 Å². The summed E-state index contributed by atoms with van der Waals surface area (Å²) in [5, 5.41) is 6.66. The van der Waals surface area contributed by atoms with Crippen LogP contribution in [0.5, 0.6) is 11.5 Å². The topological polar surface area (TPSA) is 86.5 Å². The molecule has 0 aliphatic rings. The number of carbonyl (C=O) groups is 1. The summed E-state index contributed by atoms with van der Waals surface area (Å²) in [5.74, 6) is 1.52. The van der Waals surface area contributed by atoms with Gasteiger partial charge in [-0.3, -0.25) is 4.79 Å². The number of hydrogen-bond donors (Lipinski definition) is 1. The zero-order valence-corrected chi connectivity index (χ0v) is 16.4. The summed E-state index contributed by atoms with van der Waals surface area (Å²) in [6.45, 7) is 1.77. The maximum atomic E-state index is 12.3. The van der Waals surface area contributed by atoms with E-state index >= 15 is 0 Å². The molecular formula is C19H18BrN3O4. The van der Waals surface area contributed by atoms with Gasteiger partial charge in [0.25, 0.3) is 5.91 Å². The van der Waals surface area contributed by atoms with E-state index in [1.165, 1.54) is 0 Å². The molecule has 0 saturated heterocycles. The van der Waals surface area contributed by atoms with Gasteiger partial charge in [-0.2, -0.15) is 4.98 Å². The number of halogens is 1. The monoisotopic (exact) mass is 431 g/mol. The number of rotatable bonds is 7. The Kier molecular flexibility index (Phi) is 6.08. The highest BCUT2D eigenvalue weighted by atomic mass is 79.9. The first kappa shape index (κ1) is 18.9. The number of ether oxygens (including phenoxy) is 2. The van der Waals surface area contributed by atoms with Gasteiger partial charge in [0.15, 0.2) is 17.6 Å². The second-order valence-electron chi connectivity index (χ2n) is 5.65. The van der Waals surface area contributed by atoms with Crippen molar-refractivity contribution in [2.75, 3.05) is 7.11 Å². The van der Waals surface area contributed by atoms with Crippen LogP contribution in [0.1, 0.15) is 12.8 Å². The lowest BCUT2D eigenvalue weighted by atomic mass is 10.2. The highest BCUT2D eigenvalue weighted by molar-refractivity contribution is 9.10. The molecule has 1 amide bonds. The van der Waals surface area contributed by atoms with E-state index in [-0.39, 0.29) is 12.5 Å². The molecule has 8 heteroatoms. The summed E-state index contributed by atoms with van der Waals surface area (Å²) in [6, 6.07) is 14.7. The van der Waals surface area contributed by atoms with E-state index < -0.39 is 6.10 Å². The van der Waals surface area contributed by atoms with Gasteiger partial charge in [0, 0.05) is 10.0 Å². The third-order valence-electron chi connectivity index (χ3n) is 3.71. The molecule has 2 aromatic carbocycles. The molecular weight excluding hydrogens is 414 g/mol. The van der Waals surface area contributed by atoms with E-state index in [4.69, 9.17) is 14.0 Å². The molecule has 0 unspecified atom stereocenters. The van der Waals surface area contributed by atoms with Crippen LogP contribution in [0.3, 0.4) is 0 Å². The van der Waals surface area contributed by atoms with Crippen molar-refractivity contribution in [1.29, 1.82) is 0 Å². The SMILES string of the molecule is COc1ccccc1O[C@@H](C)C(=O)NCc1nc(-c2cccc(Br)c2)no1. The molecule has 3 aromatic rings. The zero-order valence-electron chi connectivity index (χ0n) is 14.8. The first-order chi connectivity index (χ1) is 13.1. The largest absolute Gasteiger partial charge is 0.493 e. The van der Waals surface area contributed by atoms with Crippen LogP contribution in [0, 0.1) is 0 Å². The quantitative estimate of drug-likeness (QED) is 0.614. The van der Waals surface area contributed by atoms with Gasteiger partial charge in [0.05, 0.1) is 13.7 Å². The van der Waals surface area contributed by atoms with Crippen molar-refractivity contribution >= 4 is 21.8 Å². The summed E-state index contributed by atoms with van der Waals surface area (Å²) in [7, 11) is 1.55. The number of nitrogens with one attached hydrogen (secondary N) is 1. The highest BCUT2D eigenvalue weighted by Crippen LogP contribution is 2.26. The van der Waals surface area contributed by atoms with Crippen molar-refractivity contribution in [3.63, 3.8) is 0 Å². The van der Waals surface area contributed by atoms with Crippen LogP contribution in [0.2, 0.25) is 0 Å². The number of aromatic nitrogens is 2. The smallest absolute Gasteiger partial charge is 0.261 e. The average molecular weight is 432 g/mol. The summed E-state index contributed by atoms with van der Waals surface area (Å²) in [4.78, 5) is 16.6. The van der Waals surface area contributed by atoms with Gasteiger partial charge >= 0.3 is 0 Å². The molecule has 140 valence electrons. The van der Waals surface area contributed by atoms with E-state index in [0.717, 1.165) is 10.0 Å². The molecule has 0 bridgehead atoms. The predicted octanol–water partition coefficient (Wildman–Crippen LogP) is 3.59. The fourth-order valence-electron chi connectivity index (χ4n) is 2.34. The molecule has 1 N–H and O–H groups in total. The number of methoxy groups -OCH3 is 1. The third kappa shape index (κ3) is 4.85. The standard InChI is InChI=1S/C19H18BrN3O4/c1-12(26-16-9-4-3-8-15(16)25-2)19(24)21-11-17-22-18(23-27-17)13-6-5-7-14(20)10-13/h3-10,12H,11H2,1-2H3,(H,21,24)/t12-/m0/s1. The molecule has 3 rings (SSSR count). The second kappa shape index (κ2) is 8.68. The number of hydrogen-bond acceptors (Lipinski definition) is 6. The van der Waals surface area contributed by atoms with Crippen LogP contribution < -0.4 is 14.8 Å². The Balaban J connectivity index is 1.57. The van der Waals surface area contributed by atoms with Crippen molar-refractivity contribution in [2.45, 2.75) is 19.6 Å². The average Bonchev–Trinajstić information content (AvgIpc) is 3.15. The number of nitrogens with zero attached hydrogens (tertiary/aromatic N) is 2. The fraction of sp³-hybridized carbons (Fsp3) is 0.211. The lowest BCUT2D eigenvalue weighted by molar-refractivity contribution is -0.127. The predicted molar refractivity (Wildman–Crippen MR) is 102 cm³/mol. The second-order valence-corrected chi connectivity index (χ2v) is 6.57. The van der Waals surface area contributed by atoms with E-state index in [1.54, 1.807) is 26.2 Å². The number of benzene rings is 2. The summed E-state index contributed by atoms with van der Waals surface area (Å²) in [5.41, 5.74) is 0.818.